The molecule has 1 aromatic carbocycles. The summed E-state index contributed by atoms with van der Waals surface area (Å²) < 4.78 is 5.31. The van der Waals surface area contributed by atoms with Crippen LogP contribution in [-0.2, 0) is 10.4 Å². The van der Waals surface area contributed by atoms with Crippen molar-refractivity contribution in [3.05, 3.63) is 59.5 Å². The van der Waals surface area contributed by atoms with E-state index in [1.165, 1.54) is 4.90 Å². The molecule has 0 spiro atoms. The number of likely N-dealkylation sites (N-methyl/N-ethyl adjacent to an activating group) is 1. The van der Waals surface area contributed by atoms with Crippen LogP contribution in [0.25, 0.3) is 22.5 Å². The molecular weight excluding hydrogens is 372 g/mol. The van der Waals surface area contributed by atoms with E-state index in [0.717, 1.165) is 11.1 Å². The Kier molecular flexibility index (Phi) is 4.43. The minimum atomic E-state index is -1.69. The van der Waals surface area contributed by atoms with Crippen LogP contribution in [0.3, 0.4) is 0 Å². The van der Waals surface area contributed by atoms with E-state index in [4.69, 9.17) is 10.3 Å². The summed E-state index contributed by atoms with van der Waals surface area (Å²) in [6, 6.07) is 12.5. The monoisotopic (exact) mass is 392 g/mol. The third-order valence-electron chi connectivity index (χ3n) is 5.21. The van der Waals surface area contributed by atoms with Crippen LogP contribution in [-0.4, -0.2) is 45.6 Å². The Bertz CT molecular complexity index is 1120. The molecule has 0 unspecified atom stereocenters. The highest BCUT2D eigenvalue weighted by atomic mass is 16.5. The molecule has 1 aliphatic rings. The number of hydrogen-bond acceptors (Lipinski definition) is 6. The summed E-state index contributed by atoms with van der Waals surface area (Å²) in [6.07, 6.45) is 0.250. The number of nitrogens with two attached hydrogens (primary N) is 1. The van der Waals surface area contributed by atoms with Crippen LogP contribution in [0.15, 0.2) is 47.0 Å². The van der Waals surface area contributed by atoms with Gasteiger partial charge in [-0.05, 0) is 24.6 Å². The molecule has 29 heavy (non-hydrogen) atoms. The molecule has 1 fully saturated rings. The molecule has 0 radical (unpaired) electrons. The fourth-order valence-corrected chi connectivity index (χ4v) is 3.47. The maximum absolute atomic E-state index is 12.3. The number of hydrogen-bond donors (Lipinski definition) is 2. The number of carbonyl (C=O) groups is 2. The van der Waals surface area contributed by atoms with Crippen molar-refractivity contribution in [2.45, 2.75) is 18.9 Å². The van der Waals surface area contributed by atoms with Crippen LogP contribution in [0.5, 0.6) is 0 Å². The van der Waals surface area contributed by atoms with Crippen molar-refractivity contribution >= 4 is 11.8 Å². The van der Waals surface area contributed by atoms with Gasteiger partial charge in [-0.1, -0.05) is 29.4 Å². The second-order valence-electron chi connectivity index (χ2n) is 7.22. The van der Waals surface area contributed by atoms with Gasteiger partial charge in [-0.25, -0.2) is 4.98 Å². The highest BCUT2D eigenvalue weighted by Crippen LogP contribution is 2.35. The number of rotatable bonds is 4. The van der Waals surface area contributed by atoms with Crippen LogP contribution < -0.4 is 5.73 Å². The van der Waals surface area contributed by atoms with Gasteiger partial charge < -0.3 is 20.3 Å². The minimum Gasteiger partial charge on any atom is -0.373 e. The van der Waals surface area contributed by atoms with Crippen molar-refractivity contribution in [2.75, 3.05) is 13.6 Å². The SMILES string of the molecule is Cc1ccc(-c2cccc(-c3cc([C@]4(O)CCN(C)C4=O)on3)c2)nc1C(N)=O. The van der Waals surface area contributed by atoms with Crippen LogP contribution >= 0.6 is 0 Å². The Morgan fingerprint density at radius 3 is 2.59 bits per heavy atom. The smallest absolute Gasteiger partial charge is 0.267 e. The van der Waals surface area contributed by atoms with Crippen molar-refractivity contribution in [1.29, 1.82) is 0 Å². The molecule has 1 atom stereocenters. The van der Waals surface area contributed by atoms with E-state index >= 15 is 0 Å². The molecule has 3 N–H and O–H groups in total. The molecule has 2 amide bonds. The lowest BCUT2D eigenvalue weighted by molar-refractivity contribution is -0.144. The fourth-order valence-electron chi connectivity index (χ4n) is 3.47. The quantitative estimate of drug-likeness (QED) is 0.699. The first-order valence-electron chi connectivity index (χ1n) is 9.13. The van der Waals surface area contributed by atoms with Crippen LogP contribution in [0.2, 0.25) is 0 Å². The van der Waals surface area contributed by atoms with Gasteiger partial charge >= 0.3 is 0 Å². The third kappa shape index (κ3) is 3.17. The van der Waals surface area contributed by atoms with Gasteiger partial charge in [-0.15, -0.1) is 0 Å². The van der Waals surface area contributed by atoms with Gasteiger partial charge in [0.1, 0.15) is 11.4 Å². The largest absolute Gasteiger partial charge is 0.373 e. The Morgan fingerprint density at radius 2 is 1.93 bits per heavy atom. The van der Waals surface area contributed by atoms with E-state index in [2.05, 4.69) is 10.1 Å². The van der Waals surface area contributed by atoms with Crippen molar-refractivity contribution in [1.82, 2.24) is 15.0 Å². The summed E-state index contributed by atoms with van der Waals surface area (Å²) in [5, 5.41) is 14.8. The summed E-state index contributed by atoms with van der Waals surface area (Å²) in [5.74, 6) is -0.866. The van der Waals surface area contributed by atoms with Gasteiger partial charge in [0.05, 0.1) is 5.69 Å². The number of likely N-dealkylation sites (tertiary alicyclic amines) is 1. The highest BCUT2D eigenvalue weighted by Gasteiger charge is 2.48. The van der Waals surface area contributed by atoms with Crippen molar-refractivity contribution in [3.63, 3.8) is 0 Å². The van der Waals surface area contributed by atoms with Gasteiger partial charge in [-0.2, -0.15) is 0 Å². The van der Waals surface area contributed by atoms with Gasteiger partial charge in [-0.3, -0.25) is 9.59 Å². The average molecular weight is 392 g/mol. The second kappa shape index (κ2) is 6.82. The number of aryl methyl sites for hydroxylation is 1. The highest BCUT2D eigenvalue weighted by molar-refractivity contribution is 5.93. The Hall–Kier alpha value is -3.52. The Morgan fingerprint density at radius 1 is 1.21 bits per heavy atom. The third-order valence-corrected chi connectivity index (χ3v) is 5.21. The lowest BCUT2D eigenvalue weighted by Gasteiger charge is -2.16. The van der Waals surface area contributed by atoms with Crippen LogP contribution in [0.4, 0.5) is 0 Å². The van der Waals surface area contributed by atoms with Crippen molar-refractivity contribution in [3.8, 4) is 22.5 Å². The van der Waals surface area contributed by atoms with Gasteiger partial charge in [0.2, 0.25) is 5.60 Å². The number of primary amides is 1. The van der Waals surface area contributed by atoms with E-state index < -0.39 is 17.4 Å². The molecule has 1 saturated heterocycles. The average Bonchev–Trinajstić information content (AvgIpc) is 3.31. The summed E-state index contributed by atoms with van der Waals surface area (Å²) >= 11 is 0. The second-order valence-corrected chi connectivity index (χ2v) is 7.22. The maximum atomic E-state index is 12.3. The summed E-state index contributed by atoms with van der Waals surface area (Å²) in [7, 11) is 1.63. The molecule has 1 aliphatic heterocycles. The van der Waals surface area contributed by atoms with Gasteiger partial charge in [0, 0.05) is 37.2 Å². The summed E-state index contributed by atoms with van der Waals surface area (Å²) in [6.45, 7) is 2.22. The molecule has 0 aliphatic carbocycles. The Balaban J connectivity index is 1.69. The van der Waals surface area contributed by atoms with E-state index in [1.807, 2.05) is 30.3 Å². The first-order chi connectivity index (χ1) is 13.8. The van der Waals surface area contributed by atoms with E-state index in [-0.39, 0.29) is 17.9 Å². The van der Waals surface area contributed by atoms with Gasteiger partial charge in [0.15, 0.2) is 5.76 Å². The topological polar surface area (TPSA) is 123 Å². The first-order valence-corrected chi connectivity index (χ1v) is 9.13. The van der Waals surface area contributed by atoms with Crippen LogP contribution in [0, 0.1) is 6.92 Å². The summed E-state index contributed by atoms with van der Waals surface area (Å²) in [4.78, 5) is 29.7. The molecule has 3 heterocycles. The molecule has 2 aromatic heterocycles. The minimum absolute atomic E-state index is 0.122. The molecule has 3 aromatic rings. The zero-order valence-electron chi connectivity index (χ0n) is 16.0. The predicted molar refractivity (Wildman–Crippen MR) is 105 cm³/mol. The maximum Gasteiger partial charge on any atom is 0.267 e. The molecular formula is C21H20N4O4. The first kappa shape index (κ1) is 18.8. The number of amides is 2. The normalized spacial score (nSPS) is 19.0. The molecule has 0 saturated carbocycles. The lowest BCUT2D eigenvalue weighted by Crippen LogP contribution is -2.35. The van der Waals surface area contributed by atoms with Crippen molar-refractivity contribution < 1.29 is 19.2 Å². The number of pyridine rings is 1. The molecule has 8 nitrogen and oxygen atoms in total. The van der Waals surface area contributed by atoms with E-state index in [9.17, 15) is 14.7 Å². The Labute approximate surface area is 166 Å². The number of aliphatic hydroxyl groups is 1. The summed E-state index contributed by atoms with van der Waals surface area (Å²) in [5.41, 5.74) is 7.22. The number of benzene rings is 1. The van der Waals surface area contributed by atoms with Gasteiger partial charge in [0.25, 0.3) is 11.8 Å². The number of aromatic nitrogens is 2. The fraction of sp³-hybridized carbons (Fsp3) is 0.238. The molecule has 0 bridgehead atoms. The zero-order valence-corrected chi connectivity index (χ0v) is 16.0. The standard InChI is InChI=1S/C21H20N4O4/c1-12-6-7-15(23-18(12)19(22)26)13-4-3-5-14(10-13)16-11-17(29-24-16)21(28)8-9-25(2)20(21)27/h3-7,10-11,28H,8-9H2,1-2H3,(H2,22,26)/t21-/m1/s1. The number of nitrogens with zero attached hydrogens (tertiary/aromatic N) is 3. The number of carbonyl (C=O) groups excluding carboxylic acids is 2. The lowest BCUT2D eigenvalue weighted by atomic mass is 9.97. The molecule has 8 heteroatoms. The molecule has 148 valence electrons. The van der Waals surface area contributed by atoms with Crippen molar-refractivity contribution in [2.24, 2.45) is 5.73 Å². The predicted octanol–water partition coefficient (Wildman–Crippen LogP) is 1.86. The molecule has 4 rings (SSSR count). The van der Waals surface area contributed by atoms with Crippen LogP contribution in [0.1, 0.15) is 28.2 Å². The van der Waals surface area contributed by atoms with E-state index in [0.29, 0.717) is 23.5 Å². The van der Waals surface area contributed by atoms with E-state index in [1.54, 1.807) is 26.1 Å². The zero-order chi connectivity index (χ0) is 20.8.